The van der Waals surface area contributed by atoms with Crippen LogP contribution in [0.4, 0.5) is 11.4 Å². The van der Waals surface area contributed by atoms with Crippen LogP contribution in [0.2, 0.25) is 0 Å². The van der Waals surface area contributed by atoms with Gasteiger partial charge in [-0.3, -0.25) is 4.98 Å². The lowest BCUT2D eigenvalue weighted by Crippen LogP contribution is -2.23. The number of aliphatic imine (C=N–C) groups is 1. The first-order valence-corrected chi connectivity index (χ1v) is 7.34. The highest BCUT2D eigenvalue weighted by atomic mass is 32.2. The van der Waals surface area contributed by atoms with E-state index in [1.165, 1.54) is 11.0 Å². The molecule has 3 N–H and O–H groups in total. The van der Waals surface area contributed by atoms with Crippen LogP contribution in [0.5, 0.6) is 11.8 Å². The molecule has 1 aromatic heterocycles. The van der Waals surface area contributed by atoms with Crippen LogP contribution in [0.1, 0.15) is 12.5 Å². The number of benzene rings is 1. The van der Waals surface area contributed by atoms with E-state index in [4.69, 9.17) is 0 Å². The van der Waals surface area contributed by atoms with Crippen LogP contribution in [-0.4, -0.2) is 27.3 Å². The van der Waals surface area contributed by atoms with Crippen molar-refractivity contribution >= 4 is 29.5 Å². The second kappa shape index (κ2) is 5.13. The van der Waals surface area contributed by atoms with E-state index in [2.05, 4.69) is 23.0 Å². The van der Waals surface area contributed by atoms with Crippen molar-refractivity contribution in [2.75, 3.05) is 10.7 Å². The van der Waals surface area contributed by atoms with Gasteiger partial charge in [0, 0.05) is 16.5 Å². The van der Waals surface area contributed by atoms with Gasteiger partial charge in [0.2, 0.25) is 5.88 Å². The van der Waals surface area contributed by atoms with E-state index in [1.807, 2.05) is 17.0 Å². The van der Waals surface area contributed by atoms with Gasteiger partial charge in [0.05, 0.1) is 18.6 Å². The number of fused-ring (bicyclic) bond motifs is 1. The smallest absolute Gasteiger partial charge is 0.215 e. The Labute approximate surface area is 121 Å². The highest BCUT2D eigenvalue weighted by Crippen LogP contribution is 2.37. The average molecular weight is 289 g/mol. The van der Waals surface area contributed by atoms with Gasteiger partial charge in [0.25, 0.3) is 0 Å². The summed E-state index contributed by atoms with van der Waals surface area (Å²) < 4.78 is 0. The van der Waals surface area contributed by atoms with Crippen molar-refractivity contribution in [1.82, 2.24) is 4.98 Å². The largest absolute Gasteiger partial charge is 0.494 e. The number of aromatic hydroxyl groups is 2. The molecule has 0 aliphatic carbocycles. The summed E-state index contributed by atoms with van der Waals surface area (Å²) in [6.45, 7) is 2.73. The summed E-state index contributed by atoms with van der Waals surface area (Å²) in [6.07, 6.45) is 1.67. The van der Waals surface area contributed by atoms with E-state index in [1.54, 1.807) is 18.1 Å². The van der Waals surface area contributed by atoms with Crippen molar-refractivity contribution in [3.8, 4) is 11.8 Å². The molecule has 0 saturated heterocycles. The number of hydrogen-bond acceptors (Lipinski definition) is 5. The fourth-order valence-corrected chi connectivity index (χ4v) is 3.08. The molecule has 0 fully saturated rings. The molecule has 6 heteroatoms. The molecule has 1 aliphatic rings. The second-order valence-corrected chi connectivity index (χ2v) is 5.75. The molecule has 1 aliphatic heterocycles. The Bertz CT molecular complexity index is 666. The first kappa shape index (κ1) is 12.9. The van der Waals surface area contributed by atoms with Gasteiger partial charge >= 0.3 is 0 Å². The lowest BCUT2D eigenvalue weighted by atomic mass is 10.1. The Balaban J connectivity index is 1.97. The van der Waals surface area contributed by atoms with E-state index in [0.29, 0.717) is 12.2 Å². The van der Waals surface area contributed by atoms with Crippen molar-refractivity contribution < 1.29 is 10.2 Å². The molecule has 5 nitrogen and oxygen atoms in total. The highest BCUT2D eigenvalue weighted by molar-refractivity contribution is 7.99. The van der Waals surface area contributed by atoms with Crippen LogP contribution in [0.15, 0.2) is 34.2 Å². The van der Waals surface area contributed by atoms with E-state index in [9.17, 15) is 10.2 Å². The molecule has 0 saturated carbocycles. The Hall–Kier alpha value is -2.08. The van der Waals surface area contributed by atoms with Crippen molar-refractivity contribution in [1.29, 1.82) is 0 Å². The van der Waals surface area contributed by atoms with Crippen LogP contribution in [0, 0.1) is 0 Å². The summed E-state index contributed by atoms with van der Waals surface area (Å²) in [5.74, 6) is 0.877. The fraction of sp³-hybridized carbons (Fsp3) is 0.214. The normalized spacial score (nSPS) is 13.6. The maximum Gasteiger partial charge on any atom is 0.215 e. The third-order valence-corrected chi connectivity index (χ3v) is 4.13. The van der Waals surface area contributed by atoms with E-state index in [-0.39, 0.29) is 11.8 Å². The predicted octanol–water partition coefficient (Wildman–Crippen LogP) is 3.22. The van der Waals surface area contributed by atoms with Crippen molar-refractivity contribution in [2.24, 2.45) is 4.99 Å². The second-order valence-electron chi connectivity index (χ2n) is 4.45. The van der Waals surface area contributed by atoms with Crippen molar-refractivity contribution in [3.05, 3.63) is 29.8 Å². The number of H-pyrrole nitrogens is 1. The molecule has 0 spiro atoms. The zero-order chi connectivity index (χ0) is 14.1. The average Bonchev–Trinajstić information content (AvgIpc) is 2.78. The number of anilines is 1. The third-order valence-electron chi connectivity index (χ3n) is 3.14. The van der Waals surface area contributed by atoms with Gasteiger partial charge in [-0.25, -0.2) is 4.99 Å². The molecule has 2 aromatic rings. The molecule has 0 unspecified atom stereocenters. The zero-order valence-electron chi connectivity index (χ0n) is 11.0. The fourth-order valence-electron chi connectivity index (χ4n) is 2.25. The third kappa shape index (κ3) is 2.22. The van der Waals surface area contributed by atoms with Crippen LogP contribution < -0.4 is 4.90 Å². The topological polar surface area (TPSA) is 71.8 Å². The summed E-state index contributed by atoms with van der Waals surface area (Å²) in [6, 6.07) is 7.56. The summed E-state index contributed by atoms with van der Waals surface area (Å²) >= 11 is 1.78. The van der Waals surface area contributed by atoms with Crippen LogP contribution in [0.3, 0.4) is 0 Å². The van der Waals surface area contributed by atoms with Gasteiger partial charge in [-0.15, -0.1) is 11.8 Å². The number of rotatable bonds is 3. The SMILES string of the molecule is CCSc1cccc2c1CN(c1cc(O)[nH]c1O)C=N2. The quantitative estimate of drug-likeness (QED) is 0.759. The number of aromatic amines is 1. The number of nitrogens with zero attached hydrogens (tertiary/aromatic N) is 2. The molecule has 0 amide bonds. The van der Waals surface area contributed by atoms with Gasteiger partial charge in [-0.05, 0) is 17.9 Å². The molecule has 0 radical (unpaired) electrons. The monoisotopic (exact) mass is 289 g/mol. The van der Waals surface area contributed by atoms with Crippen LogP contribution in [-0.2, 0) is 6.54 Å². The summed E-state index contributed by atoms with van der Waals surface area (Å²) in [4.78, 5) is 9.91. The summed E-state index contributed by atoms with van der Waals surface area (Å²) in [5.41, 5.74) is 2.62. The van der Waals surface area contributed by atoms with Crippen LogP contribution >= 0.6 is 11.8 Å². The molecule has 20 heavy (non-hydrogen) atoms. The molecule has 0 bridgehead atoms. The van der Waals surface area contributed by atoms with Gasteiger partial charge < -0.3 is 15.1 Å². The van der Waals surface area contributed by atoms with E-state index < -0.39 is 0 Å². The Morgan fingerprint density at radius 2 is 2.25 bits per heavy atom. The molecule has 3 rings (SSSR count). The number of aromatic nitrogens is 1. The first-order valence-electron chi connectivity index (χ1n) is 6.35. The molecular formula is C14H15N3O2S. The maximum atomic E-state index is 9.78. The number of thioether (sulfide) groups is 1. The molecule has 2 heterocycles. The van der Waals surface area contributed by atoms with Gasteiger partial charge in [0.15, 0.2) is 5.88 Å². The van der Waals surface area contributed by atoms with Crippen LogP contribution in [0.25, 0.3) is 0 Å². The van der Waals surface area contributed by atoms with E-state index >= 15 is 0 Å². The number of hydrogen-bond donors (Lipinski definition) is 3. The maximum absolute atomic E-state index is 9.78. The molecule has 0 atom stereocenters. The summed E-state index contributed by atoms with van der Waals surface area (Å²) in [5, 5.41) is 19.2. The van der Waals surface area contributed by atoms with Gasteiger partial charge in [0.1, 0.15) is 5.69 Å². The predicted molar refractivity (Wildman–Crippen MR) is 81.3 cm³/mol. The Kier molecular flexibility index (Phi) is 3.31. The summed E-state index contributed by atoms with van der Waals surface area (Å²) in [7, 11) is 0. The molecule has 1 aromatic carbocycles. The number of nitrogens with one attached hydrogen (secondary N) is 1. The minimum Gasteiger partial charge on any atom is -0.494 e. The molecule has 104 valence electrons. The lowest BCUT2D eigenvalue weighted by Gasteiger charge is -2.25. The highest BCUT2D eigenvalue weighted by Gasteiger charge is 2.20. The van der Waals surface area contributed by atoms with Gasteiger partial charge in [-0.2, -0.15) is 0 Å². The zero-order valence-corrected chi connectivity index (χ0v) is 11.8. The van der Waals surface area contributed by atoms with Crippen molar-refractivity contribution in [3.63, 3.8) is 0 Å². The Morgan fingerprint density at radius 3 is 2.95 bits per heavy atom. The first-order chi connectivity index (χ1) is 9.69. The van der Waals surface area contributed by atoms with Gasteiger partial charge in [-0.1, -0.05) is 13.0 Å². The standard InChI is InChI=1S/C14H15N3O2S/c1-2-20-12-5-3-4-10-9(12)7-17(8-15-10)11-6-13(18)16-14(11)19/h3-6,8,16,18-19H,2,7H2,1H3. The lowest BCUT2D eigenvalue weighted by molar-refractivity contribution is 0.425. The molecular weight excluding hydrogens is 274 g/mol. The van der Waals surface area contributed by atoms with E-state index in [0.717, 1.165) is 17.0 Å². The van der Waals surface area contributed by atoms with Crippen molar-refractivity contribution in [2.45, 2.75) is 18.4 Å². The minimum atomic E-state index is -0.0621. The minimum absolute atomic E-state index is 0.0574. The Morgan fingerprint density at radius 1 is 1.40 bits per heavy atom.